The fourth-order valence-electron chi connectivity index (χ4n) is 8.94. The SMILES string of the molecule is [2H]c1c([2H])c([2H])c(-n2c3c([2H])c([2H])c([2H])c([2H])c3c3c([2H])c([2H])c([2H])c([2H])c32)c(-c2nc(-c3cccc([Si](c4ccccc4)(c4ccccc4)c4ccccc4)c3)nc(-c3c([2H])c([2H])c(-c4c([2H])c([2H])c5c(sc6c([2H])c([2H])c([2H])c([2H])c65)c4[2H])c([2H])c3[2H])n2)c1[2H]. The molecule has 3 aromatic heterocycles. The molecule has 324 valence electrons. The number of aromatic nitrogens is 4. The van der Waals surface area contributed by atoms with Crippen molar-refractivity contribution < 1.29 is 31.5 Å². The van der Waals surface area contributed by atoms with Crippen molar-refractivity contribution in [3.05, 3.63) is 254 Å². The van der Waals surface area contributed by atoms with E-state index in [2.05, 4.69) is 0 Å². The predicted octanol–water partition coefficient (Wildman–Crippen LogP) is 13.4. The van der Waals surface area contributed by atoms with Crippen LogP contribution in [-0.4, -0.2) is 27.6 Å². The number of thiophene rings is 1. The normalized spacial score (nSPS) is 16.4. The molecule has 0 saturated heterocycles. The average molecular weight is 938 g/mol. The van der Waals surface area contributed by atoms with Crippen molar-refractivity contribution in [2.75, 3.05) is 0 Å². The van der Waals surface area contributed by atoms with Crippen molar-refractivity contribution in [3.63, 3.8) is 0 Å². The third kappa shape index (κ3) is 6.91. The van der Waals surface area contributed by atoms with Crippen molar-refractivity contribution in [2.24, 2.45) is 0 Å². The van der Waals surface area contributed by atoms with Crippen molar-refractivity contribution in [2.45, 2.75) is 0 Å². The number of nitrogens with zero attached hydrogens (tertiary/aromatic N) is 4. The number of hydrogen-bond donors (Lipinski definition) is 0. The summed E-state index contributed by atoms with van der Waals surface area (Å²) in [4.78, 5) is 14.6. The molecule has 69 heavy (non-hydrogen) atoms. The molecule has 0 N–H and O–H groups in total. The van der Waals surface area contributed by atoms with E-state index in [0.29, 0.717) is 0 Å². The minimum absolute atomic E-state index is 0.0157. The van der Waals surface area contributed by atoms with Crippen LogP contribution in [0.5, 0.6) is 0 Å². The quantitative estimate of drug-likeness (QED) is 0.107. The molecule has 13 rings (SSSR count). The van der Waals surface area contributed by atoms with Crippen LogP contribution in [0.3, 0.4) is 0 Å². The van der Waals surface area contributed by atoms with Crippen LogP contribution in [0.25, 0.3) is 93.0 Å². The molecule has 0 aliphatic heterocycles. The van der Waals surface area contributed by atoms with Gasteiger partial charge in [0.1, 0.15) is 0 Å². The third-order valence-corrected chi connectivity index (χ3v) is 17.7. The summed E-state index contributed by atoms with van der Waals surface area (Å²) in [5.41, 5.74) is -3.88. The first-order valence-corrected chi connectivity index (χ1v) is 24.3. The van der Waals surface area contributed by atoms with Gasteiger partial charge in [0, 0.05) is 47.6 Å². The molecular weight excluding hydrogens is 873 g/mol. The second-order valence-corrected chi connectivity index (χ2v) is 20.6. The lowest BCUT2D eigenvalue weighted by Crippen LogP contribution is -2.74. The maximum atomic E-state index is 9.79. The van der Waals surface area contributed by atoms with Gasteiger partial charge in [-0.2, -0.15) is 0 Å². The zero-order valence-corrected chi connectivity index (χ0v) is 37.5. The summed E-state index contributed by atoms with van der Waals surface area (Å²) >= 11 is 0.739. The Balaban J connectivity index is 1.15. The molecule has 0 bridgehead atoms. The first-order valence-electron chi connectivity index (χ1n) is 33.0. The Bertz CT molecular complexity index is 5200. The highest BCUT2D eigenvalue weighted by Gasteiger charge is 2.41. The Kier molecular flexibility index (Phi) is 5.76. The second kappa shape index (κ2) is 17.0. The molecule has 13 aromatic rings. The van der Waals surface area contributed by atoms with Gasteiger partial charge in [-0.05, 0) is 68.1 Å². The summed E-state index contributed by atoms with van der Waals surface area (Å²) in [5.74, 6) is -1.57. The summed E-state index contributed by atoms with van der Waals surface area (Å²) in [5, 5.41) is 2.57. The lowest BCUT2D eigenvalue weighted by molar-refractivity contribution is 1.06. The van der Waals surface area contributed by atoms with Crippen LogP contribution < -0.4 is 20.7 Å². The molecule has 6 heteroatoms. The Morgan fingerprint density at radius 3 is 1.52 bits per heavy atom. The minimum atomic E-state index is -3.39. The van der Waals surface area contributed by atoms with Crippen LogP contribution in [-0.2, 0) is 0 Å². The van der Waals surface area contributed by atoms with Gasteiger partial charge in [-0.25, -0.2) is 15.0 Å². The van der Waals surface area contributed by atoms with Crippen LogP contribution in [0, 0.1) is 0 Å². The highest BCUT2D eigenvalue weighted by atomic mass is 32.1. The van der Waals surface area contributed by atoms with E-state index >= 15 is 0 Å². The zero-order valence-electron chi connectivity index (χ0n) is 58.7. The average Bonchev–Trinajstić information content (AvgIpc) is 1.55. The first-order chi connectivity index (χ1) is 43.8. The van der Waals surface area contributed by atoms with Crippen molar-refractivity contribution >= 4 is 82.1 Å². The number of benzene rings is 10. The number of para-hydroxylation sites is 3. The molecule has 3 heterocycles. The second-order valence-electron chi connectivity index (χ2n) is 15.8. The van der Waals surface area contributed by atoms with Crippen LogP contribution in [0.15, 0.2) is 254 Å². The number of hydrogen-bond acceptors (Lipinski definition) is 4. The largest absolute Gasteiger partial charge is 0.309 e. The van der Waals surface area contributed by atoms with Gasteiger partial charge in [0.15, 0.2) is 25.5 Å². The summed E-state index contributed by atoms with van der Waals surface area (Å²) in [6.07, 6.45) is 0. The fourth-order valence-corrected chi connectivity index (χ4v) is 14.7. The molecule has 0 unspecified atom stereocenters. The third-order valence-electron chi connectivity index (χ3n) is 11.9. The summed E-state index contributed by atoms with van der Waals surface area (Å²) in [6.45, 7) is 0. The van der Waals surface area contributed by atoms with Crippen LogP contribution in [0.2, 0.25) is 0 Å². The highest BCUT2D eigenvalue weighted by molar-refractivity contribution is 7.25. The van der Waals surface area contributed by atoms with E-state index in [0.717, 1.165) is 36.7 Å². The van der Waals surface area contributed by atoms with E-state index in [4.69, 9.17) is 30.0 Å². The summed E-state index contributed by atoms with van der Waals surface area (Å²) < 4.78 is 212. The number of fused-ring (bicyclic) bond motifs is 6. The molecule has 0 saturated carbocycles. The Labute approximate surface area is 437 Å². The fraction of sp³-hybridized carbons (Fsp3) is 0. The molecule has 0 amide bonds. The molecule has 0 atom stereocenters. The van der Waals surface area contributed by atoms with E-state index < -0.39 is 208 Å². The van der Waals surface area contributed by atoms with Gasteiger partial charge in [-0.1, -0.05) is 218 Å². The lowest BCUT2D eigenvalue weighted by atomic mass is 10.0. The van der Waals surface area contributed by atoms with Crippen molar-refractivity contribution in [1.82, 2.24) is 19.5 Å². The Hall–Kier alpha value is -8.55. The molecule has 0 fully saturated rings. The summed E-state index contributed by atoms with van der Waals surface area (Å²) in [6, 6.07) is 19.3. The van der Waals surface area contributed by atoms with E-state index in [1.165, 1.54) is 0 Å². The molecule has 0 radical (unpaired) electrons. The molecular formula is C63H42N4SSi. The Morgan fingerprint density at radius 2 is 0.870 bits per heavy atom. The molecule has 0 aliphatic rings. The minimum Gasteiger partial charge on any atom is -0.309 e. The molecule has 4 nitrogen and oxygen atoms in total. The molecule has 0 aliphatic carbocycles. The van der Waals surface area contributed by atoms with Crippen LogP contribution >= 0.6 is 11.3 Å². The van der Waals surface area contributed by atoms with Gasteiger partial charge >= 0.3 is 0 Å². The predicted molar refractivity (Wildman–Crippen MR) is 292 cm³/mol. The monoisotopic (exact) mass is 937 g/mol. The highest BCUT2D eigenvalue weighted by Crippen LogP contribution is 2.38. The van der Waals surface area contributed by atoms with Gasteiger partial charge in [-0.15, -0.1) is 11.3 Å². The van der Waals surface area contributed by atoms with E-state index in [9.17, 15) is 16.4 Å². The summed E-state index contributed by atoms with van der Waals surface area (Å²) in [7, 11) is -3.39. The maximum absolute atomic E-state index is 9.79. The van der Waals surface area contributed by atoms with Crippen molar-refractivity contribution in [3.8, 4) is 51.0 Å². The van der Waals surface area contributed by atoms with Gasteiger partial charge < -0.3 is 4.57 Å². The number of rotatable bonds is 9. The first kappa shape index (κ1) is 23.4. The molecule has 0 spiro atoms. The van der Waals surface area contributed by atoms with Gasteiger partial charge in [-0.3, -0.25) is 0 Å². The van der Waals surface area contributed by atoms with Crippen LogP contribution in [0.4, 0.5) is 0 Å². The Morgan fingerprint density at radius 1 is 0.377 bits per heavy atom. The maximum Gasteiger partial charge on any atom is 0.179 e. The molecule has 10 aromatic carbocycles. The van der Waals surface area contributed by atoms with E-state index in [1.807, 2.05) is 103 Å². The van der Waals surface area contributed by atoms with Gasteiger partial charge in [0.05, 0.1) is 48.2 Å². The smallest absolute Gasteiger partial charge is 0.179 e. The lowest BCUT2D eigenvalue weighted by Gasteiger charge is -2.34. The van der Waals surface area contributed by atoms with Crippen molar-refractivity contribution in [1.29, 1.82) is 0 Å². The van der Waals surface area contributed by atoms with Gasteiger partial charge in [0.25, 0.3) is 0 Å². The van der Waals surface area contributed by atoms with Gasteiger partial charge in [0.2, 0.25) is 0 Å². The topological polar surface area (TPSA) is 43.6 Å². The zero-order chi connectivity index (χ0) is 65.7. The van der Waals surface area contributed by atoms with E-state index in [-0.39, 0.29) is 31.6 Å². The van der Waals surface area contributed by atoms with E-state index in [1.54, 1.807) is 12.1 Å². The standard InChI is InChI=1S/C63H42N4SSi/c1-4-20-47(21-5-1)69(48-22-6-2-7-23-48,49-24-8-3-9-25-49)50-26-18-19-46(41-50)62-64-61(44-37-35-43(36-38-44)45-39-40-54-53-29-13-17-34-59(53)68-60(54)42-45)65-63(66-62)55-30-12-16-33-58(55)67-56-31-14-10-27-51(56)52-28-11-15-32-57(52)67/h1-42H/i10D,11D,12D,13D,14D,15D,16D,17D,27D,28D,29D,30D,31D,32D,33D,34D,35D,36D,37D,38D,39D,40D,42D. The van der Waals surface area contributed by atoms with Crippen LogP contribution in [0.1, 0.15) is 31.5 Å².